The summed E-state index contributed by atoms with van der Waals surface area (Å²) >= 11 is 1.42. The van der Waals surface area contributed by atoms with Crippen LogP contribution in [0.1, 0.15) is 17.3 Å². The lowest BCUT2D eigenvalue weighted by atomic mass is 10.1. The zero-order valence-electron chi connectivity index (χ0n) is 16.2. The summed E-state index contributed by atoms with van der Waals surface area (Å²) in [6, 6.07) is 16.7. The Labute approximate surface area is 174 Å². The number of ether oxygens (including phenoxy) is 1. The summed E-state index contributed by atoms with van der Waals surface area (Å²) in [5.41, 5.74) is 1.61. The summed E-state index contributed by atoms with van der Waals surface area (Å²) in [6.07, 6.45) is 1.12. The fraction of sp³-hybridized carbons (Fsp3) is 0.227. The van der Waals surface area contributed by atoms with Crippen LogP contribution < -0.4 is 4.74 Å². The van der Waals surface area contributed by atoms with E-state index in [1.54, 1.807) is 30.3 Å². The quantitative estimate of drug-likeness (QED) is 0.311. The van der Waals surface area contributed by atoms with Gasteiger partial charge in [0.15, 0.2) is 16.8 Å². The van der Waals surface area contributed by atoms with Crippen LogP contribution in [0.5, 0.6) is 5.75 Å². The van der Waals surface area contributed by atoms with Crippen LogP contribution in [0, 0.1) is 0 Å². The van der Waals surface area contributed by atoms with E-state index in [1.165, 1.54) is 18.7 Å². The molecule has 0 aliphatic rings. The molecule has 0 spiro atoms. The van der Waals surface area contributed by atoms with E-state index in [0.717, 1.165) is 11.4 Å². The normalized spacial score (nSPS) is 11.8. The molecule has 1 heterocycles. The molecular formula is C22H23N3O3S. The highest BCUT2D eigenvalue weighted by Crippen LogP contribution is 2.24. The molecule has 150 valence electrons. The Bertz CT molecular complexity index is 955. The third-order valence-electron chi connectivity index (χ3n) is 4.17. The highest BCUT2D eigenvalue weighted by Gasteiger charge is 2.15. The minimum absolute atomic E-state index is 0.00601. The van der Waals surface area contributed by atoms with E-state index in [1.807, 2.05) is 34.9 Å². The van der Waals surface area contributed by atoms with E-state index in [-0.39, 0.29) is 12.4 Å². The van der Waals surface area contributed by atoms with Crippen LogP contribution in [-0.2, 0) is 6.54 Å². The monoisotopic (exact) mass is 409 g/mol. The van der Waals surface area contributed by atoms with E-state index in [4.69, 9.17) is 4.74 Å². The third-order valence-corrected chi connectivity index (χ3v) is 5.28. The first kappa shape index (κ1) is 20.8. The van der Waals surface area contributed by atoms with Crippen molar-refractivity contribution in [2.24, 2.45) is 0 Å². The standard InChI is InChI=1S/C22H23N3O3S/c1-3-13-25-21(18-7-5-4-6-8-18)23-24-22(25)29-15-19(27)14-28-20-11-9-17(10-12-20)16(2)26/h3-12,19,27H,1,13-15H2,2H3. The summed E-state index contributed by atoms with van der Waals surface area (Å²) < 4.78 is 7.58. The zero-order chi connectivity index (χ0) is 20.6. The Kier molecular flexibility index (Phi) is 7.21. The van der Waals surface area contributed by atoms with Gasteiger partial charge >= 0.3 is 0 Å². The van der Waals surface area contributed by atoms with E-state index >= 15 is 0 Å². The molecule has 0 aliphatic heterocycles. The molecule has 7 heteroatoms. The van der Waals surface area contributed by atoms with Gasteiger partial charge in [-0.1, -0.05) is 48.2 Å². The van der Waals surface area contributed by atoms with Crippen molar-refractivity contribution < 1.29 is 14.6 Å². The number of Topliss-reactive ketones (excluding diaryl/α,β-unsaturated/α-hetero) is 1. The SMILES string of the molecule is C=CCn1c(SCC(O)COc2ccc(C(C)=O)cc2)nnc1-c1ccccc1. The van der Waals surface area contributed by atoms with Crippen LogP contribution in [0.25, 0.3) is 11.4 Å². The number of aliphatic hydroxyl groups excluding tert-OH is 1. The predicted octanol–water partition coefficient (Wildman–Crippen LogP) is 3.87. The minimum atomic E-state index is -0.679. The maximum Gasteiger partial charge on any atom is 0.191 e. The lowest BCUT2D eigenvalue weighted by Gasteiger charge is -2.13. The molecule has 0 saturated carbocycles. The largest absolute Gasteiger partial charge is 0.491 e. The molecule has 1 unspecified atom stereocenters. The smallest absolute Gasteiger partial charge is 0.191 e. The lowest BCUT2D eigenvalue weighted by Crippen LogP contribution is -2.20. The first-order valence-corrected chi connectivity index (χ1v) is 10.2. The van der Waals surface area contributed by atoms with Gasteiger partial charge in [0.2, 0.25) is 0 Å². The fourth-order valence-electron chi connectivity index (χ4n) is 2.69. The number of hydrogen-bond donors (Lipinski definition) is 1. The van der Waals surface area contributed by atoms with Gasteiger partial charge in [0.1, 0.15) is 12.4 Å². The highest BCUT2D eigenvalue weighted by molar-refractivity contribution is 7.99. The van der Waals surface area contributed by atoms with Crippen molar-refractivity contribution in [3.05, 3.63) is 72.8 Å². The van der Waals surface area contributed by atoms with Crippen LogP contribution in [0.15, 0.2) is 72.4 Å². The van der Waals surface area contributed by atoms with Gasteiger partial charge in [0.25, 0.3) is 0 Å². The Morgan fingerprint density at radius 1 is 1.21 bits per heavy atom. The molecule has 3 aromatic rings. The van der Waals surface area contributed by atoms with Gasteiger partial charge in [-0.2, -0.15) is 0 Å². The van der Waals surface area contributed by atoms with Crippen molar-refractivity contribution in [2.75, 3.05) is 12.4 Å². The van der Waals surface area contributed by atoms with Crippen molar-refractivity contribution >= 4 is 17.5 Å². The van der Waals surface area contributed by atoms with Crippen molar-refractivity contribution in [1.29, 1.82) is 0 Å². The number of carbonyl (C=O) groups is 1. The van der Waals surface area contributed by atoms with Gasteiger partial charge in [-0.05, 0) is 31.2 Å². The third kappa shape index (κ3) is 5.56. The topological polar surface area (TPSA) is 77.2 Å². The number of aromatic nitrogens is 3. The van der Waals surface area contributed by atoms with E-state index < -0.39 is 6.10 Å². The lowest BCUT2D eigenvalue weighted by molar-refractivity contribution is 0.101. The molecule has 0 fully saturated rings. The van der Waals surface area contributed by atoms with Crippen LogP contribution in [0.3, 0.4) is 0 Å². The fourth-order valence-corrected chi connectivity index (χ4v) is 3.54. The Morgan fingerprint density at radius 2 is 1.93 bits per heavy atom. The Balaban J connectivity index is 1.58. The number of hydrogen-bond acceptors (Lipinski definition) is 6. The van der Waals surface area contributed by atoms with E-state index in [2.05, 4.69) is 16.8 Å². The Hall–Kier alpha value is -2.90. The van der Waals surface area contributed by atoms with Crippen molar-refractivity contribution in [2.45, 2.75) is 24.7 Å². The maximum atomic E-state index is 11.3. The molecule has 3 rings (SSSR count). The molecule has 0 bridgehead atoms. The number of thioether (sulfide) groups is 1. The molecule has 0 radical (unpaired) electrons. The summed E-state index contributed by atoms with van der Waals surface area (Å²) in [6.45, 7) is 6.05. The van der Waals surface area contributed by atoms with Crippen molar-refractivity contribution in [1.82, 2.24) is 14.8 Å². The highest BCUT2D eigenvalue weighted by atomic mass is 32.2. The molecule has 0 aliphatic carbocycles. The second-order valence-corrected chi connectivity index (χ2v) is 7.42. The number of ketones is 1. The van der Waals surface area contributed by atoms with Crippen molar-refractivity contribution in [3.8, 4) is 17.1 Å². The minimum Gasteiger partial charge on any atom is -0.491 e. The van der Waals surface area contributed by atoms with Gasteiger partial charge in [-0.25, -0.2) is 0 Å². The molecule has 29 heavy (non-hydrogen) atoms. The summed E-state index contributed by atoms with van der Waals surface area (Å²) in [5.74, 6) is 1.80. The number of carbonyl (C=O) groups excluding carboxylic acids is 1. The number of rotatable bonds is 10. The molecule has 1 N–H and O–H groups in total. The van der Waals surface area contributed by atoms with Gasteiger partial charge in [-0.15, -0.1) is 16.8 Å². The second-order valence-electron chi connectivity index (χ2n) is 6.43. The Morgan fingerprint density at radius 3 is 2.59 bits per heavy atom. The van der Waals surface area contributed by atoms with Gasteiger partial charge in [0, 0.05) is 23.4 Å². The first-order chi connectivity index (χ1) is 14.1. The maximum absolute atomic E-state index is 11.3. The molecular weight excluding hydrogens is 386 g/mol. The summed E-state index contributed by atoms with van der Waals surface area (Å²) in [5, 5.41) is 19.6. The molecule has 1 aromatic heterocycles. The van der Waals surface area contributed by atoms with E-state index in [0.29, 0.717) is 28.8 Å². The molecule has 0 amide bonds. The number of benzene rings is 2. The molecule has 2 aromatic carbocycles. The van der Waals surface area contributed by atoms with Crippen LogP contribution in [0.4, 0.5) is 0 Å². The van der Waals surface area contributed by atoms with Crippen LogP contribution in [-0.4, -0.2) is 44.1 Å². The zero-order valence-corrected chi connectivity index (χ0v) is 17.0. The molecule has 1 atom stereocenters. The number of nitrogens with zero attached hydrogens (tertiary/aromatic N) is 3. The average Bonchev–Trinajstić information content (AvgIpc) is 3.14. The number of aliphatic hydroxyl groups is 1. The van der Waals surface area contributed by atoms with Gasteiger partial charge in [0.05, 0.1) is 6.10 Å². The first-order valence-electron chi connectivity index (χ1n) is 9.22. The predicted molar refractivity (Wildman–Crippen MR) is 114 cm³/mol. The summed E-state index contributed by atoms with van der Waals surface area (Å²) in [7, 11) is 0. The van der Waals surface area contributed by atoms with E-state index in [9.17, 15) is 9.90 Å². The van der Waals surface area contributed by atoms with Gasteiger partial charge < -0.3 is 9.84 Å². The summed E-state index contributed by atoms with van der Waals surface area (Å²) in [4.78, 5) is 11.3. The van der Waals surface area contributed by atoms with Gasteiger partial charge in [-0.3, -0.25) is 9.36 Å². The molecule has 0 saturated heterocycles. The number of allylic oxidation sites excluding steroid dienone is 1. The average molecular weight is 410 g/mol. The van der Waals surface area contributed by atoms with Crippen molar-refractivity contribution in [3.63, 3.8) is 0 Å². The van der Waals surface area contributed by atoms with Crippen LogP contribution >= 0.6 is 11.8 Å². The van der Waals surface area contributed by atoms with Crippen LogP contribution in [0.2, 0.25) is 0 Å². The second kappa shape index (κ2) is 10.0. The molecule has 6 nitrogen and oxygen atoms in total.